The van der Waals surface area contributed by atoms with E-state index in [1.54, 1.807) is 0 Å². The van der Waals surface area contributed by atoms with Crippen molar-refractivity contribution >= 4 is 0 Å². The largest absolute Gasteiger partial charge is 0.378 e. The Kier molecular flexibility index (Phi) is 4.68. The van der Waals surface area contributed by atoms with Crippen LogP contribution in [0.5, 0.6) is 0 Å². The summed E-state index contributed by atoms with van der Waals surface area (Å²) in [6.07, 6.45) is 9.35. The molecule has 3 rings (SSSR count). The second-order valence-corrected chi connectivity index (χ2v) is 7.26. The topological polar surface area (TPSA) is 30.5 Å². The molecule has 4 unspecified atom stereocenters. The molecule has 20 heavy (non-hydrogen) atoms. The van der Waals surface area contributed by atoms with Crippen LogP contribution in [-0.4, -0.2) is 37.5 Å². The Morgan fingerprint density at radius 3 is 2.75 bits per heavy atom. The van der Waals surface area contributed by atoms with Gasteiger partial charge in [-0.1, -0.05) is 6.92 Å². The monoisotopic (exact) mass is 281 g/mol. The highest BCUT2D eigenvalue weighted by atomic mass is 16.5. The van der Waals surface area contributed by atoms with Gasteiger partial charge in [-0.15, -0.1) is 0 Å². The summed E-state index contributed by atoms with van der Waals surface area (Å²) in [4.78, 5) is 0. The molecule has 1 spiro atoms. The fraction of sp³-hybridized carbons (Fsp3) is 1.00. The summed E-state index contributed by atoms with van der Waals surface area (Å²) in [5.41, 5.74) is 0.264. The summed E-state index contributed by atoms with van der Waals surface area (Å²) in [5, 5.41) is 3.85. The zero-order valence-corrected chi connectivity index (χ0v) is 13.2. The molecule has 1 aliphatic carbocycles. The lowest BCUT2D eigenvalue weighted by Crippen LogP contribution is -2.52. The molecule has 0 aromatic heterocycles. The zero-order valence-electron chi connectivity index (χ0n) is 13.2. The molecule has 2 aliphatic heterocycles. The van der Waals surface area contributed by atoms with Gasteiger partial charge in [0.05, 0.1) is 18.3 Å². The highest BCUT2D eigenvalue weighted by Gasteiger charge is 2.46. The Balaban J connectivity index is 1.64. The molecule has 1 N–H and O–H groups in total. The molecule has 0 aromatic rings. The quantitative estimate of drug-likeness (QED) is 0.840. The van der Waals surface area contributed by atoms with Crippen molar-refractivity contribution in [2.24, 2.45) is 11.8 Å². The smallest absolute Gasteiger partial charge is 0.0685 e. The normalized spacial score (nSPS) is 37.8. The molecule has 3 fully saturated rings. The van der Waals surface area contributed by atoms with Crippen LogP contribution in [0.25, 0.3) is 0 Å². The molecule has 3 aliphatic rings. The third-order valence-corrected chi connectivity index (χ3v) is 5.67. The first-order valence-corrected chi connectivity index (χ1v) is 8.71. The first kappa shape index (κ1) is 14.8. The summed E-state index contributed by atoms with van der Waals surface area (Å²) < 4.78 is 11.9. The van der Waals surface area contributed by atoms with Crippen molar-refractivity contribution in [2.75, 3.05) is 19.8 Å². The van der Waals surface area contributed by atoms with Gasteiger partial charge in [0, 0.05) is 18.6 Å². The van der Waals surface area contributed by atoms with E-state index in [1.807, 2.05) is 0 Å². The van der Waals surface area contributed by atoms with Crippen molar-refractivity contribution in [3.05, 3.63) is 0 Å². The molecule has 0 aromatic carbocycles. The third kappa shape index (κ3) is 3.05. The Bertz CT molecular complexity index is 316. The molecule has 3 heteroatoms. The second-order valence-electron chi connectivity index (χ2n) is 7.26. The minimum Gasteiger partial charge on any atom is -0.378 e. The van der Waals surface area contributed by atoms with Gasteiger partial charge < -0.3 is 14.8 Å². The van der Waals surface area contributed by atoms with E-state index in [2.05, 4.69) is 19.2 Å². The summed E-state index contributed by atoms with van der Waals surface area (Å²) in [5.74, 6) is 1.49. The van der Waals surface area contributed by atoms with Crippen molar-refractivity contribution < 1.29 is 9.47 Å². The molecule has 4 atom stereocenters. The lowest BCUT2D eigenvalue weighted by molar-refractivity contribution is -0.149. The van der Waals surface area contributed by atoms with Crippen molar-refractivity contribution in [3.8, 4) is 0 Å². The fourth-order valence-corrected chi connectivity index (χ4v) is 4.42. The molecule has 2 heterocycles. The van der Waals surface area contributed by atoms with E-state index in [1.165, 1.54) is 44.9 Å². The third-order valence-electron chi connectivity index (χ3n) is 5.67. The predicted molar refractivity (Wildman–Crippen MR) is 80.9 cm³/mol. The molecule has 1 saturated carbocycles. The van der Waals surface area contributed by atoms with E-state index in [0.717, 1.165) is 25.7 Å². The van der Waals surface area contributed by atoms with Crippen LogP contribution in [-0.2, 0) is 9.47 Å². The van der Waals surface area contributed by atoms with Crippen molar-refractivity contribution in [3.63, 3.8) is 0 Å². The van der Waals surface area contributed by atoms with Gasteiger partial charge in [-0.25, -0.2) is 0 Å². The molecule has 0 bridgehead atoms. The Morgan fingerprint density at radius 2 is 2.15 bits per heavy atom. The van der Waals surface area contributed by atoms with Crippen LogP contribution < -0.4 is 5.32 Å². The molecular weight excluding hydrogens is 250 g/mol. The maximum Gasteiger partial charge on any atom is 0.0685 e. The van der Waals surface area contributed by atoms with Gasteiger partial charge in [-0.2, -0.15) is 0 Å². The van der Waals surface area contributed by atoms with E-state index in [9.17, 15) is 0 Å². The van der Waals surface area contributed by atoms with Crippen LogP contribution in [0.3, 0.4) is 0 Å². The highest BCUT2D eigenvalue weighted by molar-refractivity contribution is 4.98. The van der Waals surface area contributed by atoms with E-state index in [4.69, 9.17) is 9.47 Å². The Morgan fingerprint density at radius 1 is 1.30 bits per heavy atom. The van der Waals surface area contributed by atoms with Gasteiger partial charge in [-0.3, -0.25) is 0 Å². The molecular formula is C17H31NO2. The summed E-state index contributed by atoms with van der Waals surface area (Å²) in [7, 11) is 0. The van der Waals surface area contributed by atoms with E-state index in [-0.39, 0.29) is 5.60 Å². The maximum atomic E-state index is 6.11. The fourth-order valence-electron chi connectivity index (χ4n) is 4.42. The second kappa shape index (κ2) is 6.33. The van der Waals surface area contributed by atoms with Gasteiger partial charge >= 0.3 is 0 Å². The summed E-state index contributed by atoms with van der Waals surface area (Å²) in [6, 6.07) is 0.640. The molecule has 2 saturated heterocycles. The van der Waals surface area contributed by atoms with Gasteiger partial charge in [0.1, 0.15) is 0 Å². The number of hydrogen-bond acceptors (Lipinski definition) is 3. The number of nitrogens with one attached hydrogen (secondary N) is 1. The maximum absolute atomic E-state index is 6.11. The number of hydrogen-bond donors (Lipinski definition) is 1. The first-order valence-electron chi connectivity index (χ1n) is 8.71. The SMILES string of the molecule is CCCNC(C1COC(C)C1)C1CCOC2(CCC2)C1. The van der Waals surface area contributed by atoms with Gasteiger partial charge in [0.2, 0.25) is 0 Å². The highest BCUT2D eigenvalue weighted by Crippen LogP contribution is 2.46. The average molecular weight is 281 g/mol. The van der Waals surface area contributed by atoms with Gasteiger partial charge in [0.15, 0.2) is 0 Å². The lowest BCUT2D eigenvalue weighted by Gasteiger charge is -2.49. The van der Waals surface area contributed by atoms with Crippen LogP contribution in [0.4, 0.5) is 0 Å². The molecule has 0 amide bonds. The minimum absolute atomic E-state index is 0.264. The summed E-state index contributed by atoms with van der Waals surface area (Å²) >= 11 is 0. The van der Waals surface area contributed by atoms with E-state index in [0.29, 0.717) is 18.1 Å². The standard InChI is InChI=1S/C17H31NO2/c1-3-8-18-16(15-10-13(2)19-12-15)14-5-9-20-17(11-14)6-4-7-17/h13-16,18H,3-12H2,1-2H3. The Hall–Kier alpha value is -0.120. The van der Waals surface area contributed by atoms with Crippen molar-refractivity contribution in [1.29, 1.82) is 0 Å². The number of ether oxygens (including phenoxy) is 2. The van der Waals surface area contributed by atoms with Crippen LogP contribution in [0.2, 0.25) is 0 Å². The Labute approximate surface area is 123 Å². The van der Waals surface area contributed by atoms with Crippen LogP contribution >= 0.6 is 0 Å². The van der Waals surface area contributed by atoms with Crippen LogP contribution in [0, 0.1) is 11.8 Å². The molecule has 3 nitrogen and oxygen atoms in total. The lowest BCUT2D eigenvalue weighted by atomic mass is 9.68. The van der Waals surface area contributed by atoms with Crippen LogP contribution in [0.15, 0.2) is 0 Å². The minimum atomic E-state index is 0.264. The van der Waals surface area contributed by atoms with Gasteiger partial charge in [-0.05, 0) is 64.3 Å². The van der Waals surface area contributed by atoms with E-state index >= 15 is 0 Å². The number of rotatable bonds is 5. The van der Waals surface area contributed by atoms with Crippen LogP contribution in [0.1, 0.15) is 58.8 Å². The average Bonchev–Trinajstić information content (AvgIpc) is 2.84. The summed E-state index contributed by atoms with van der Waals surface area (Å²) in [6.45, 7) is 7.54. The van der Waals surface area contributed by atoms with Crippen molar-refractivity contribution in [1.82, 2.24) is 5.32 Å². The van der Waals surface area contributed by atoms with E-state index < -0.39 is 0 Å². The van der Waals surface area contributed by atoms with Crippen molar-refractivity contribution in [2.45, 2.75) is 76.5 Å². The first-order chi connectivity index (χ1) is 9.72. The molecule has 0 radical (unpaired) electrons. The van der Waals surface area contributed by atoms with Gasteiger partial charge in [0.25, 0.3) is 0 Å². The predicted octanol–water partition coefficient (Wildman–Crippen LogP) is 3.13. The zero-order chi connectivity index (χ0) is 14.0. The molecule has 116 valence electrons.